The number of fused-ring (bicyclic) bond motifs is 1. The van der Waals surface area contributed by atoms with Gasteiger partial charge < -0.3 is 10.6 Å². The van der Waals surface area contributed by atoms with Crippen molar-refractivity contribution in [1.29, 1.82) is 0 Å². The average Bonchev–Trinajstić information content (AvgIpc) is 2.54. The third-order valence-corrected chi connectivity index (χ3v) is 5.68. The van der Waals surface area contributed by atoms with Gasteiger partial charge in [0.25, 0.3) is 0 Å². The van der Waals surface area contributed by atoms with E-state index in [-0.39, 0.29) is 17.6 Å². The Bertz CT molecular complexity index is 767. The standard InChI is InChI=1S/C16H13ClN2O2S2/c17-11-3-1-2-4-13(11)22-8-15(20)18-10-5-6-14-12(7-10)19-16(21)9-23-14/h1-7H,8-9H2,(H,18,20)(H,19,21). The lowest BCUT2D eigenvalue weighted by molar-refractivity contribution is -0.114. The molecule has 0 saturated heterocycles. The maximum Gasteiger partial charge on any atom is 0.234 e. The smallest absolute Gasteiger partial charge is 0.234 e. The van der Waals surface area contributed by atoms with Crippen LogP contribution < -0.4 is 10.6 Å². The SMILES string of the molecule is O=C(CSc1ccccc1Cl)Nc1ccc2c(c1)NC(=O)CS2. The maximum atomic E-state index is 12.1. The van der Waals surface area contributed by atoms with Gasteiger partial charge >= 0.3 is 0 Å². The Hall–Kier alpha value is -1.63. The second-order valence-electron chi connectivity index (χ2n) is 4.82. The van der Waals surface area contributed by atoms with E-state index >= 15 is 0 Å². The molecule has 0 aromatic heterocycles. The molecule has 2 aromatic carbocycles. The van der Waals surface area contributed by atoms with E-state index in [1.807, 2.05) is 30.3 Å². The van der Waals surface area contributed by atoms with Gasteiger partial charge in [-0.1, -0.05) is 23.7 Å². The molecule has 0 fully saturated rings. The van der Waals surface area contributed by atoms with Gasteiger partial charge in [-0.25, -0.2) is 0 Å². The van der Waals surface area contributed by atoms with Crippen LogP contribution in [-0.2, 0) is 9.59 Å². The number of thioether (sulfide) groups is 2. The minimum absolute atomic E-state index is 0.0275. The molecule has 4 nitrogen and oxygen atoms in total. The van der Waals surface area contributed by atoms with E-state index in [2.05, 4.69) is 10.6 Å². The van der Waals surface area contributed by atoms with Gasteiger partial charge in [0.15, 0.2) is 0 Å². The summed E-state index contributed by atoms with van der Waals surface area (Å²) in [7, 11) is 0. The van der Waals surface area contributed by atoms with E-state index < -0.39 is 0 Å². The van der Waals surface area contributed by atoms with Crippen LogP contribution in [0.15, 0.2) is 52.3 Å². The van der Waals surface area contributed by atoms with Gasteiger partial charge in [-0.05, 0) is 30.3 Å². The zero-order chi connectivity index (χ0) is 16.2. The van der Waals surface area contributed by atoms with Crippen LogP contribution in [0.2, 0.25) is 5.02 Å². The van der Waals surface area contributed by atoms with Crippen molar-refractivity contribution >= 4 is 58.3 Å². The van der Waals surface area contributed by atoms with Crippen molar-refractivity contribution in [2.75, 3.05) is 22.1 Å². The van der Waals surface area contributed by atoms with Crippen LogP contribution in [0.5, 0.6) is 0 Å². The summed E-state index contributed by atoms with van der Waals surface area (Å²) in [5, 5.41) is 6.28. The monoisotopic (exact) mass is 364 g/mol. The second-order valence-corrected chi connectivity index (χ2v) is 7.26. The number of anilines is 2. The number of rotatable bonds is 4. The molecule has 2 aromatic rings. The lowest BCUT2D eigenvalue weighted by atomic mass is 10.2. The average molecular weight is 365 g/mol. The van der Waals surface area contributed by atoms with E-state index in [1.54, 1.807) is 12.1 Å². The highest BCUT2D eigenvalue weighted by molar-refractivity contribution is 8.00. The highest BCUT2D eigenvalue weighted by Crippen LogP contribution is 2.33. The van der Waals surface area contributed by atoms with Gasteiger partial charge in [-0.2, -0.15) is 0 Å². The molecule has 118 valence electrons. The van der Waals surface area contributed by atoms with Crippen LogP contribution in [0.4, 0.5) is 11.4 Å². The molecule has 7 heteroatoms. The number of hydrogen-bond acceptors (Lipinski definition) is 4. The Morgan fingerprint density at radius 3 is 2.96 bits per heavy atom. The summed E-state index contributed by atoms with van der Waals surface area (Å²) >= 11 is 8.94. The van der Waals surface area contributed by atoms with Gasteiger partial charge in [0.05, 0.1) is 22.2 Å². The third-order valence-electron chi connectivity index (χ3n) is 3.09. The first-order valence-electron chi connectivity index (χ1n) is 6.86. The molecule has 2 amide bonds. The van der Waals surface area contributed by atoms with Crippen LogP contribution in [0.25, 0.3) is 0 Å². The Labute approximate surface area is 147 Å². The number of halogens is 1. The molecule has 0 unspecified atom stereocenters. The highest BCUT2D eigenvalue weighted by Gasteiger charge is 2.16. The Morgan fingerprint density at radius 2 is 2.13 bits per heavy atom. The predicted molar refractivity (Wildman–Crippen MR) is 96.6 cm³/mol. The molecule has 1 aliphatic heterocycles. The molecule has 3 rings (SSSR count). The zero-order valence-corrected chi connectivity index (χ0v) is 14.4. The summed E-state index contributed by atoms with van der Waals surface area (Å²) in [6, 6.07) is 12.9. The quantitative estimate of drug-likeness (QED) is 0.801. The second kappa shape index (κ2) is 7.29. The van der Waals surface area contributed by atoms with Gasteiger partial charge in [-0.3, -0.25) is 9.59 Å². The molecule has 0 saturated carbocycles. The summed E-state index contributed by atoms with van der Waals surface area (Å²) in [6.07, 6.45) is 0. The van der Waals surface area contributed by atoms with Crippen molar-refractivity contribution in [2.45, 2.75) is 9.79 Å². The van der Waals surface area contributed by atoms with Gasteiger partial charge in [0.2, 0.25) is 11.8 Å². The minimum Gasteiger partial charge on any atom is -0.325 e. The molecule has 0 spiro atoms. The lowest BCUT2D eigenvalue weighted by Crippen LogP contribution is -2.19. The first-order chi connectivity index (χ1) is 11.1. The van der Waals surface area contributed by atoms with E-state index in [9.17, 15) is 9.59 Å². The molecule has 1 aliphatic rings. The van der Waals surface area contributed by atoms with Crippen LogP contribution >= 0.6 is 35.1 Å². The van der Waals surface area contributed by atoms with Crippen molar-refractivity contribution in [3.63, 3.8) is 0 Å². The molecule has 0 aliphatic carbocycles. The fourth-order valence-electron chi connectivity index (χ4n) is 2.06. The first-order valence-corrected chi connectivity index (χ1v) is 9.20. The number of carbonyl (C=O) groups is 2. The number of amides is 2. The molecule has 1 heterocycles. The lowest BCUT2D eigenvalue weighted by Gasteiger charge is -2.17. The summed E-state index contributed by atoms with van der Waals surface area (Å²) in [4.78, 5) is 25.4. The minimum atomic E-state index is -0.121. The molecule has 2 N–H and O–H groups in total. The summed E-state index contributed by atoms with van der Waals surface area (Å²) in [5.41, 5.74) is 1.40. The number of benzene rings is 2. The van der Waals surface area contributed by atoms with E-state index in [0.29, 0.717) is 16.5 Å². The fraction of sp³-hybridized carbons (Fsp3) is 0.125. The Kier molecular flexibility index (Phi) is 5.15. The highest BCUT2D eigenvalue weighted by atomic mass is 35.5. The van der Waals surface area contributed by atoms with Crippen LogP contribution in [0.1, 0.15) is 0 Å². The Balaban J connectivity index is 1.61. The number of hydrogen-bond donors (Lipinski definition) is 2. The van der Waals surface area contributed by atoms with Crippen molar-refractivity contribution < 1.29 is 9.59 Å². The zero-order valence-electron chi connectivity index (χ0n) is 12.0. The van der Waals surface area contributed by atoms with Crippen molar-refractivity contribution in [3.05, 3.63) is 47.5 Å². The number of nitrogens with one attached hydrogen (secondary N) is 2. The maximum absolute atomic E-state index is 12.1. The first kappa shape index (κ1) is 16.2. The van der Waals surface area contributed by atoms with E-state index in [1.165, 1.54) is 23.5 Å². The van der Waals surface area contributed by atoms with E-state index in [4.69, 9.17) is 11.6 Å². The topological polar surface area (TPSA) is 58.2 Å². The van der Waals surface area contributed by atoms with Crippen LogP contribution in [0, 0.1) is 0 Å². The molecule has 0 bridgehead atoms. The largest absolute Gasteiger partial charge is 0.325 e. The van der Waals surface area contributed by atoms with Gasteiger partial charge in [0, 0.05) is 15.5 Å². The molecule has 0 atom stereocenters. The van der Waals surface area contributed by atoms with Crippen LogP contribution in [-0.4, -0.2) is 23.3 Å². The van der Waals surface area contributed by atoms with E-state index in [0.717, 1.165) is 15.5 Å². The fourth-order valence-corrected chi connectivity index (χ4v) is 3.89. The van der Waals surface area contributed by atoms with Crippen molar-refractivity contribution in [1.82, 2.24) is 0 Å². The normalized spacial score (nSPS) is 13.2. The van der Waals surface area contributed by atoms with Gasteiger partial charge in [0.1, 0.15) is 0 Å². The summed E-state index contributed by atoms with van der Waals surface area (Å²) in [6.45, 7) is 0. The third kappa shape index (κ3) is 4.22. The van der Waals surface area contributed by atoms with Gasteiger partial charge in [-0.15, -0.1) is 23.5 Å². The number of carbonyl (C=O) groups excluding carboxylic acids is 2. The summed E-state index contributed by atoms with van der Waals surface area (Å²) in [5.74, 6) is 0.541. The predicted octanol–water partition coefficient (Wildman–Crippen LogP) is 4.12. The Morgan fingerprint density at radius 1 is 1.30 bits per heavy atom. The van der Waals surface area contributed by atoms with Crippen LogP contribution in [0.3, 0.4) is 0 Å². The molecular weight excluding hydrogens is 352 g/mol. The molecule has 23 heavy (non-hydrogen) atoms. The van der Waals surface area contributed by atoms with Crippen molar-refractivity contribution in [3.8, 4) is 0 Å². The van der Waals surface area contributed by atoms with Crippen molar-refractivity contribution in [2.24, 2.45) is 0 Å². The molecular formula is C16H13ClN2O2S2. The molecule has 0 radical (unpaired) electrons. The summed E-state index contributed by atoms with van der Waals surface area (Å²) < 4.78 is 0.